The molecule has 2 fully saturated rings. The molecule has 0 saturated carbocycles. The van der Waals surface area contributed by atoms with E-state index in [9.17, 15) is 14.4 Å². The molecule has 1 aromatic carbocycles. The van der Waals surface area contributed by atoms with Gasteiger partial charge < -0.3 is 14.6 Å². The van der Waals surface area contributed by atoms with Crippen LogP contribution in [0.5, 0.6) is 0 Å². The first-order valence-electron chi connectivity index (χ1n) is 10.3. The Kier molecular flexibility index (Phi) is 5.28. The summed E-state index contributed by atoms with van der Waals surface area (Å²) in [5, 5.41) is 0. The minimum atomic E-state index is -0.385. The highest BCUT2D eigenvalue weighted by atomic mass is 16.2. The van der Waals surface area contributed by atoms with Crippen LogP contribution in [-0.4, -0.2) is 53.1 Å². The highest BCUT2D eigenvalue weighted by Gasteiger charge is 2.40. The van der Waals surface area contributed by atoms with Crippen molar-refractivity contribution in [2.75, 3.05) is 13.1 Å². The summed E-state index contributed by atoms with van der Waals surface area (Å²) in [5.74, 6) is 0.0759. The lowest BCUT2D eigenvalue weighted by atomic mass is 9.82. The summed E-state index contributed by atoms with van der Waals surface area (Å²) in [6.07, 6.45) is 7.70. The molecule has 5 heteroatoms. The van der Waals surface area contributed by atoms with Gasteiger partial charge in [-0.05, 0) is 62.5 Å². The van der Waals surface area contributed by atoms with Gasteiger partial charge in [-0.1, -0.05) is 24.3 Å². The number of fused-ring (bicyclic) bond motifs is 1. The monoisotopic (exact) mass is 368 g/mol. The summed E-state index contributed by atoms with van der Waals surface area (Å²) in [7, 11) is 0. The molecule has 0 bridgehead atoms. The Bertz CT molecular complexity index is 732. The van der Waals surface area contributed by atoms with Gasteiger partial charge in [0, 0.05) is 19.0 Å². The lowest BCUT2D eigenvalue weighted by Crippen LogP contribution is -2.55. The Morgan fingerprint density at radius 3 is 2.48 bits per heavy atom. The predicted molar refractivity (Wildman–Crippen MR) is 102 cm³/mol. The van der Waals surface area contributed by atoms with Crippen LogP contribution in [0.2, 0.25) is 0 Å². The molecule has 2 amide bonds. The minimum Gasteiger partial charge on any atom is -0.331 e. The summed E-state index contributed by atoms with van der Waals surface area (Å²) in [4.78, 5) is 41.3. The van der Waals surface area contributed by atoms with Gasteiger partial charge in [0.15, 0.2) is 0 Å². The van der Waals surface area contributed by atoms with E-state index in [-0.39, 0.29) is 29.8 Å². The fourth-order valence-electron chi connectivity index (χ4n) is 4.99. The normalized spacial score (nSPS) is 27.9. The number of hydrogen-bond acceptors (Lipinski definition) is 3. The largest absolute Gasteiger partial charge is 0.331 e. The van der Waals surface area contributed by atoms with Crippen LogP contribution in [0.1, 0.15) is 49.7 Å². The first-order chi connectivity index (χ1) is 13.2. The number of nitrogens with zero attached hydrogens (tertiary/aromatic N) is 2. The quantitative estimate of drug-likeness (QED) is 0.770. The van der Waals surface area contributed by atoms with Crippen molar-refractivity contribution in [2.24, 2.45) is 5.92 Å². The maximum absolute atomic E-state index is 13.3. The SMILES string of the molecule is O=C[C@@H]1CCCN1C(=O)C1CCCCN1C(=O)C1CCc2ccccc2C1. The summed E-state index contributed by atoms with van der Waals surface area (Å²) in [6, 6.07) is 7.66. The average molecular weight is 368 g/mol. The summed E-state index contributed by atoms with van der Waals surface area (Å²) < 4.78 is 0. The Labute approximate surface area is 160 Å². The van der Waals surface area contributed by atoms with Gasteiger partial charge in [0.05, 0.1) is 6.04 Å². The molecule has 4 rings (SSSR count). The first kappa shape index (κ1) is 18.2. The Morgan fingerprint density at radius 1 is 0.889 bits per heavy atom. The van der Waals surface area contributed by atoms with E-state index >= 15 is 0 Å². The van der Waals surface area contributed by atoms with Crippen molar-refractivity contribution in [1.29, 1.82) is 0 Å². The molecule has 2 saturated heterocycles. The Morgan fingerprint density at radius 2 is 1.67 bits per heavy atom. The minimum absolute atomic E-state index is 0.0196. The molecule has 2 unspecified atom stereocenters. The number of benzene rings is 1. The van der Waals surface area contributed by atoms with Gasteiger partial charge in [0.25, 0.3) is 0 Å². The molecule has 0 N–H and O–H groups in total. The third-order valence-corrected chi connectivity index (χ3v) is 6.51. The van der Waals surface area contributed by atoms with E-state index in [0.717, 1.165) is 57.7 Å². The molecule has 144 valence electrons. The van der Waals surface area contributed by atoms with Gasteiger partial charge in [-0.25, -0.2) is 0 Å². The number of likely N-dealkylation sites (tertiary alicyclic amines) is 2. The summed E-state index contributed by atoms with van der Waals surface area (Å²) >= 11 is 0. The lowest BCUT2D eigenvalue weighted by Gasteiger charge is -2.40. The first-order valence-corrected chi connectivity index (χ1v) is 10.3. The van der Waals surface area contributed by atoms with E-state index in [0.29, 0.717) is 13.1 Å². The fraction of sp³-hybridized carbons (Fsp3) is 0.591. The summed E-state index contributed by atoms with van der Waals surface area (Å²) in [5.41, 5.74) is 2.61. The third-order valence-electron chi connectivity index (χ3n) is 6.51. The van der Waals surface area contributed by atoms with E-state index in [1.165, 1.54) is 11.1 Å². The zero-order chi connectivity index (χ0) is 18.8. The van der Waals surface area contributed by atoms with Crippen LogP contribution in [0.3, 0.4) is 0 Å². The molecule has 5 nitrogen and oxygen atoms in total. The number of amides is 2. The van der Waals surface area contributed by atoms with E-state index in [1.54, 1.807) is 4.90 Å². The van der Waals surface area contributed by atoms with Crippen molar-refractivity contribution in [2.45, 2.75) is 63.5 Å². The van der Waals surface area contributed by atoms with Gasteiger partial charge >= 0.3 is 0 Å². The Balaban J connectivity index is 1.50. The van der Waals surface area contributed by atoms with Gasteiger partial charge in [-0.3, -0.25) is 9.59 Å². The summed E-state index contributed by atoms with van der Waals surface area (Å²) in [6.45, 7) is 1.30. The second-order valence-corrected chi connectivity index (χ2v) is 8.13. The van der Waals surface area contributed by atoms with Crippen molar-refractivity contribution >= 4 is 18.1 Å². The molecule has 1 aromatic rings. The fourth-order valence-corrected chi connectivity index (χ4v) is 4.99. The number of carbonyl (C=O) groups is 3. The second kappa shape index (κ2) is 7.83. The average Bonchev–Trinajstić information content (AvgIpc) is 3.21. The standard InChI is InChI=1S/C22H28N2O3/c25-15-19-8-5-13-23(19)22(27)20-9-3-4-12-24(20)21(26)18-11-10-16-6-1-2-7-17(16)14-18/h1-2,6-7,15,18-20H,3-5,8-14H2/t18?,19-,20?/m0/s1. The predicted octanol–water partition coefficient (Wildman–Crippen LogP) is 2.36. The van der Waals surface area contributed by atoms with Gasteiger partial charge in [0.1, 0.15) is 12.3 Å². The smallest absolute Gasteiger partial charge is 0.245 e. The number of rotatable bonds is 3. The molecule has 3 aliphatic rings. The second-order valence-electron chi connectivity index (χ2n) is 8.13. The zero-order valence-corrected chi connectivity index (χ0v) is 15.8. The van der Waals surface area contributed by atoms with Crippen LogP contribution in [0.25, 0.3) is 0 Å². The van der Waals surface area contributed by atoms with Crippen LogP contribution in [0.15, 0.2) is 24.3 Å². The van der Waals surface area contributed by atoms with Crippen LogP contribution in [0.4, 0.5) is 0 Å². The molecule has 2 aliphatic heterocycles. The van der Waals surface area contributed by atoms with Gasteiger partial charge in [0.2, 0.25) is 11.8 Å². The third kappa shape index (κ3) is 3.52. The van der Waals surface area contributed by atoms with Crippen molar-refractivity contribution < 1.29 is 14.4 Å². The molecule has 3 atom stereocenters. The number of aldehydes is 1. The number of piperidine rings is 1. The van der Waals surface area contributed by atoms with Crippen molar-refractivity contribution in [3.63, 3.8) is 0 Å². The van der Waals surface area contributed by atoms with E-state index in [1.807, 2.05) is 11.0 Å². The molecule has 27 heavy (non-hydrogen) atoms. The Hall–Kier alpha value is -2.17. The van der Waals surface area contributed by atoms with Gasteiger partial charge in [-0.2, -0.15) is 0 Å². The van der Waals surface area contributed by atoms with Crippen molar-refractivity contribution in [1.82, 2.24) is 9.80 Å². The van der Waals surface area contributed by atoms with Crippen molar-refractivity contribution in [3.05, 3.63) is 35.4 Å². The number of carbonyl (C=O) groups excluding carboxylic acids is 3. The molecule has 0 spiro atoms. The van der Waals surface area contributed by atoms with Crippen LogP contribution >= 0.6 is 0 Å². The van der Waals surface area contributed by atoms with Crippen LogP contribution in [-0.2, 0) is 27.2 Å². The molecule has 1 aliphatic carbocycles. The highest BCUT2D eigenvalue weighted by Crippen LogP contribution is 2.30. The van der Waals surface area contributed by atoms with Crippen LogP contribution < -0.4 is 0 Å². The highest BCUT2D eigenvalue weighted by molar-refractivity contribution is 5.90. The molecular weight excluding hydrogens is 340 g/mol. The molecule has 0 radical (unpaired) electrons. The zero-order valence-electron chi connectivity index (χ0n) is 15.8. The molecular formula is C22H28N2O3. The maximum atomic E-state index is 13.3. The van der Waals surface area contributed by atoms with Crippen LogP contribution in [0, 0.1) is 5.92 Å². The lowest BCUT2D eigenvalue weighted by molar-refractivity contribution is -0.151. The van der Waals surface area contributed by atoms with E-state index < -0.39 is 0 Å². The van der Waals surface area contributed by atoms with Gasteiger partial charge in [-0.15, -0.1) is 0 Å². The number of hydrogen-bond donors (Lipinski definition) is 0. The topological polar surface area (TPSA) is 57.7 Å². The number of aryl methyl sites for hydroxylation is 1. The van der Waals surface area contributed by atoms with E-state index in [4.69, 9.17) is 0 Å². The molecule has 0 aromatic heterocycles. The maximum Gasteiger partial charge on any atom is 0.245 e. The van der Waals surface area contributed by atoms with Crippen molar-refractivity contribution in [3.8, 4) is 0 Å². The van der Waals surface area contributed by atoms with E-state index in [2.05, 4.69) is 18.2 Å². The molecule has 2 heterocycles.